The van der Waals surface area contributed by atoms with Crippen molar-refractivity contribution in [3.8, 4) is 0 Å². The maximum absolute atomic E-state index is 0. The third kappa shape index (κ3) is 232. The van der Waals surface area contributed by atoms with Gasteiger partial charge in [-0.2, -0.15) is 0 Å². The molecule has 8 heteroatoms. The van der Waals surface area contributed by atoms with Gasteiger partial charge in [0, 0.05) is 0 Å². The van der Waals surface area contributed by atoms with E-state index >= 15 is 0 Å². The van der Waals surface area contributed by atoms with E-state index in [-0.39, 0.29) is 76.9 Å². The quantitative estimate of drug-likeness (QED) is 0.258. The molecule has 0 aliphatic rings. The van der Waals surface area contributed by atoms with Gasteiger partial charge in [0.15, 0.2) is 0 Å². The van der Waals surface area contributed by atoms with Crippen molar-refractivity contribution in [1.29, 1.82) is 0 Å². The molecule has 0 atom stereocenters. The largest absolute Gasteiger partial charge is 4.00 e. The Bertz CT molecular complexity index is 8.49. The normalized spacial score (nSPS) is 0. The second-order valence-corrected chi connectivity index (χ2v) is 0. The third-order valence-electron chi connectivity index (χ3n) is 0. The summed E-state index contributed by atoms with van der Waals surface area (Å²) in [7, 11) is 0. The van der Waals surface area contributed by atoms with Gasteiger partial charge in [0.1, 0.15) is 0 Å². The Morgan fingerprint density at radius 3 is 0.375 bits per heavy atom. The van der Waals surface area contributed by atoms with Gasteiger partial charge < -0.3 is 28.2 Å². The number of hydrogen-bond acceptors (Lipinski definition) is 0. The maximum atomic E-state index is 0. The molecular formula is CaF6Si. The summed E-state index contributed by atoms with van der Waals surface area (Å²) < 4.78 is 0. The summed E-state index contributed by atoms with van der Waals surface area (Å²) in [6.07, 6.45) is 0. The molecule has 0 rings (SSSR count). The molecule has 0 aromatic rings. The minimum Gasteiger partial charge on any atom is -1.00 e. The van der Waals surface area contributed by atoms with E-state index in [2.05, 4.69) is 0 Å². The zero-order valence-electron chi connectivity index (χ0n) is 3.47. The van der Waals surface area contributed by atoms with Crippen LogP contribution in [0.3, 0.4) is 0 Å². The summed E-state index contributed by atoms with van der Waals surface area (Å²) in [6, 6.07) is 0. The Morgan fingerprint density at radius 1 is 0.375 bits per heavy atom. The Labute approximate surface area is 76.6 Å². The fraction of sp³-hybridized carbons (Fsp3) is 0. The molecule has 0 aliphatic carbocycles. The van der Waals surface area contributed by atoms with Crippen LogP contribution >= 0.6 is 0 Å². The van der Waals surface area contributed by atoms with Gasteiger partial charge in [-0.15, -0.1) is 0 Å². The van der Waals surface area contributed by atoms with Gasteiger partial charge in [0.25, 0.3) is 0 Å². The first-order valence-corrected chi connectivity index (χ1v) is 0. The zero-order chi connectivity index (χ0) is 0. The van der Waals surface area contributed by atoms with E-state index in [1.54, 1.807) is 0 Å². The summed E-state index contributed by atoms with van der Waals surface area (Å²) >= 11 is 0. The van der Waals surface area contributed by atoms with E-state index in [4.69, 9.17) is 0 Å². The summed E-state index contributed by atoms with van der Waals surface area (Å²) in [5.74, 6) is 0. The first kappa shape index (κ1) is 527. The Kier molecular flexibility index (Phi) is 23700. The number of halogens is 6. The molecule has 0 aromatic heterocycles. The molecule has 0 heterocycles. The molecule has 0 N–H and O–H groups in total. The fourth-order valence-corrected chi connectivity index (χ4v) is 0. The molecule has 0 aliphatic heterocycles. The van der Waals surface area contributed by atoms with Gasteiger partial charge in [0.05, 0.1) is 0 Å². The van der Waals surface area contributed by atoms with E-state index in [1.165, 1.54) is 0 Å². The third-order valence-corrected chi connectivity index (χ3v) is 0. The molecule has 0 aromatic carbocycles. The van der Waals surface area contributed by atoms with Crippen molar-refractivity contribution in [2.75, 3.05) is 0 Å². The molecule has 8 heavy (non-hydrogen) atoms. The van der Waals surface area contributed by atoms with Crippen molar-refractivity contribution in [1.82, 2.24) is 0 Å². The molecule has 0 unspecified atom stereocenters. The van der Waals surface area contributed by atoms with Gasteiger partial charge in [-0.05, 0) is 0 Å². The topological polar surface area (TPSA) is 0 Å². The monoisotopic (exact) mass is 182 g/mol. The summed E-state index contributed by atoms with van der Waals surface area (Å²) in [4.78, 5) is 0. The minimum absolute atomic E-state index is 0. The minimum atomic E-state index is 0. The summed E-state index contributed by atoms with van der Waals surface area (Å²) in [5, 5.41) is 0. The van der Waals surface area contributed by atoms with Crippen LogP contribution in [0.2, 0.25) is 0 Å². The van der Waals surface area contributed by atoms with E-state index in [9.17, 15) is 0 Å². The van der Waals surface area contributed by atoms with Gasteiger partial charge in [-0.25, -0.2) is 0 Å². The Balaban J connectivity index is 0. The van der Waals surface area contributed by atoms with Crippen molar-refractivity contribution in [2.24, 2.45) is 0 Å². The van der Waals surface area contributed by atoms with E-state index in [1.807, 2.05) is 0 Å². The fourth-order valence-electron chi connectivity index (χ4n) is 0. The molecule has 0 nitrogen and oxygen atoms in total. The summed E-state index contributed by atoms with van der Waals surface area (Å²) in [5.41, 5.74) is 0. The van der Waals surface area contributed by atoms with Gasteiger partial charge in [0.2, 0.25) is 0 Å². The van der Waals surface area contributed by atoms with Crippen molar-refractivity contribution in [3.05, 3.63) is 0 Å². The average Bonchev–Trinajstić information content (AvgIpc) is 0. The van der Waals surface area contributed by atoms with Crippen molar-refractivity contribution < 1.29 is 28.2 Å². The zero-order valence-corrected chi connectivity index (χ0v) is 6.68. The number of rotatable bonds is 0. The predicted octanol–water partition coefficient (Wildman–Crippen LogP) is -18.7. The van der Waals surface area contributed by atoms with Crippen LogP contribution in [0.25, 0.3) is 0 Å². The predicted molar refractivity (Wildman–Crippen MR) is 11.5 cm³/mol. The van der Waals surface area contributed by atoms with Crippen LogP contribution in [0.15, 0.2) is 0 Å². The maximum Gasteiger partial charge on any atom is 4.00 e. The molecule has 0 fully saturated rings. The van der Waals surface area contributed by atoms with Gasteiger partial charge >= 0.3 is 48.7 Å². The smallest absolute Gasteiger partial charge is 1.00 e. The average molecular weight is 182 g/mol. The standard InChI is InChI=1S/Ca.6FH.Si/h;6*1H;/q+2;;;;;;;+4/p-6. The van der Waals surface area contributed by atoms with E-state index in [0.29, 0.717) is 0 Å². The van der Waals surface area contributed by atoms with Crippen LogP contribution in [-0.2, 0) is 0 Å². The molecule has 0 saturated carbocycles. The second kappa shape index (κ2) is 359. The van der Waals surface area contributed by atoms with Crippen LogP contribution in [0.1, 0.15) is 0 Å². The van der Waals surface area contributed by atoms with Crippen LogP contribution < -0.4 is 28.2 Å². The Morgan fingerprint density at radius 2 is 0.375 bits per heavy atom. The van der Waals surface area contributed by atoms with E-state index in [0.717, 1.165) is 0 Å². The molecule has 0 saturated heterocycles. The molecule has 0 amide bonds. The van der Waals surface area contributed by atoms with Crippen LogP contribution in [0.4, 0.5) is 0 Å². The van der Waals surface area contributed by atoms with Crippen LogP contribution in [0, 0.1) is 0 Å². The molecule has 0 radical (unpaired) electrons. The molecular weight excluding hydrogens is 182 g/mol. The first-order valence-electron chi connectivity index (χ1n) is 0. The molecule has 0 spiro atoms. The first-order chi connectivity index (χ1) is 0. The summed E-state index contributed by atoms with van der Waals surface area (Å²) in [6.45, 7) is 0. The Hall–Kier alpha value is 1.06. The van der Waals surface area contributed by atoms with Gasteiger partial charge in [-0.3, -0.25) is 0 Å². The van der Waals surface area contributed by atoms with Crippen molar-refractivity contribution >= 4 is 48.7 Å². The van der Waals surface area contributed by atoms with Crippen LogP contribution in [-0.4, -0.2) is 48.7 Å². The molecule has 0 bridgehead atoms. The number of hydrogen-bond donors (Lipinski definition) is 0. The van der Waals surface area contributed by atoms with Crippen molar-refractivity contribution in [2.45, 2.75) is 0 Å². The van der Waals surface area contributed by atoms with Crippen molar-refractivity contribution in [3.63, 3.8) is 0 Å². The molecule has 48 valence electrons. The van der Waals surface area contributed by atoms with E-state index < -0.39 is 0 Å². The van der Waals surface area contributed by atoms with Crippen LogP contribution in [0.5, 0.6) is 0 Å². The second-order valence-electron chi connectivity index (χ2n) is 0. The van der Waals surface area contributed by atoms with Gasteiger partial charge in [-0.1, -0.05) is 0 Å². The SMILES string of the molecule is [Ca+2].[F-].[F-].[F-].[F-].[F-].[F-].[Si+4].